The van der Waals surface area contributed by atoms with E-state index in [9.17, 15) is 4.79 Å². The van der Waals surface area contributed by atoms with E-state index in [1.165, 1.54) is 0 Å². The molecule has 0 aliphatic rings. The van der Waals surface area contributed by atoms with Crippen LogP contribution in [0.4, 0.5) is 0 Å². The fraction of sp³-hybridized carbons (Fsp3) is 0.188. The first-order valence-corrected chi connectivity index (χ1v) is 7.52. The van der Waals surface area contributed by atoms with Crippen LogP contribution in [0.3, 0.4) is 0 Å². The topological polar surface area (TPSA) is 75.6 Å². The number of carbonyl (C=O) groups is 1. The first-order valence-electron chi connectivity index (χ1n) is 7.15. The minimum Gasteiger partial charge on any atom is -0.346 e. The largest absolute Gasteiger partial charge is 0.346 e. The quantitative estimate of drug-likeness (QED) is 0.772. The number of benzene rings is 1. The summed E-state index contributed by atoms with van der Waals surface area (Å²) in [6.07, 6.45) is 1.74. The summed E-state index contributed by atoms with van der Waals surface area (Å²) in [5.41, 5.74) is 4.04. The summed E-state index contributed by atoms with van der Waals surface area (Å²) in [4.78, 5) is 12.2. The molecule has 23 heavy (non-hydrogen) atoms. The maximum Gasteiger partial charge on any atom is 0.272 e. The van der Waals surface area contributed by atoms with E-state index in [2.05, 4.69) is 20.6 Å². The molecule has 0 aliphatic carbocycles. The number of halogens is 1. The fourth-order valence-electron chi connectivity index (χ4n) is 2.28. The fourth-order valence-corrected chi connectivity index (χ4v) is 2.40. The molecule has 0 spiro atoms. The van der Waals surface area contributed by atoms with Crippen molar-refractivity contribution in [3.63, 3.8) is 0 Å². The lowest BCUT2D eigenvalue weighted by molar-refractivity contribution is 0.0945. The third-order valence-corrected chi connectivity index (χ3v) is 3.87. The molecule has 3 aromatic rings. The third kappa shape index (κ3) is 3.27. The molecule has 0 bridgehead atoms. The molecule has 0 saturated heterocycles. The van der Waals surface area contributed by atoms with E-state index in [-0.39, 0.29) is 5.91 Å². The van der Waals surface area contributed by atoms with Gasteiger partial charge in [-0.3, -0.25) is 9.89 Å². The van der Waals surface area contributed by atoms with Crippen LogP contribution in [0.2, 0.25) is 5.02 Å². The monoisotopic (exact) mass is 329 g/mol. The van der Waals surface area contributed by atoms with Crippen molar-refractivity contribution >= 4 is 17.5 Å². The molecule has 7 heteroatoms. The van der Waals surface area contributed by atoms with E-state index in [1.54, 1.807) is 29.1 Å². The summed E-state index contributed by atoms with van der Waals surface area (Å²) in [6, 6.07) is 8.93. The summed E-state index contributed by atoms with van der Waals surface area (Å²) in [7, 11) is 0. The molecule has 2 heterocycles. The van der Waals surface area contributed by atoms with Crippen molar-refractivity contribution < 1.29 is 4.79 Å². The summed E-state index contributed by atoms with van der Waals surface area (Å²) in [5, 5.41) is 14.8. The zero-order valence-corrected chi connectivity index (χ0v) is 13.6. The highest BCUT2D eigenvalue weighted by atomic mass is 35.5. The number of rotatable bonds is 4. The van der Waals surface area contributed by atoms with Gasteiger partial charge >= 0.3 is 0 Å². The number of amides is 1. The molecule has 118 valence electrons. The zero-order valence-electron chi connectivity index (χ0n) is 12.8. The van der Waals surface area contributed by atoms with Crippen molar-refractivity contribution in [2.45, 2.75) is 20.4 Å². The Morgan fingerprint density at radius 1 is 1.26 bits per heavy atom. The van der Waals surface area contributed by atoms with Crippen LogP contribution < -0.4 is 5.32 Å². The predicted molar refractivity (Wildman–Crippen MR) is 87.8 cm³/mol. The number of hydrogen-bond acceptors (Lipinski definition) is 3. The molecule has 0 aliphatic heterocycles. The molecular formula is C16H16ClN5O. The van der Waals surface area contributed by atoms with Gasteiger partial charge in [0.1, 0.15) is 0 Å². The maximum absolute atomic E-state index is 12.2. The van der Waals surface area contributed by atoms with Gasteiger partial charge in [0.25, 0.3) is 5.91 Å². The molecule has 0 saturated carbocycles. The molecule has 0 fully saturated rings. The molecule has 1 aromatic carbocycles. The highest BCUT2D eigenvalue weighted by molar-refractivity contribution is 6.30. The number of nitrogens with zero attached hydrogens (tertiary/aromatic N) is 3. The van der Waals surface area contributed by atoms with Crippen molar-refractivity contribution in [1.29, 1.82) is 0 Å². The Morgan fingerprint density at radius 3 is 2.65 bits per heavy atom. The van der Waals surface area contributed by atoms with Gasteiger partial charge in [-0.1, -0.05) is 11.6 Å². The highest BCUT2D eigenvalue weighted by Gasteiger charge is 2.12. The molecule has 6 nitrogen and oxygen atoms in total. The Balaban J connectivity index is 1.70. The van der Waals surface area contributed by atoms with Crippen LogP contribution in [0.25, 0.3) is 5.69 Å². The summed E-state index contributed by atoms with van der Waals surface area (Å²) in [5.74, 6) is -0.224. The van der Waals surface area contributed by atoms with Gasteiger partial charge in [-0.15, -0.1) is 0 Å². The van der Waals surface area contributed by atoms with Crippen molar-refractivity contribution in [3.05, 3.63) is 64.2 Å². The average Bonchev–Trinajstić information content (AvgIpc) is 3.14. The van der Waals surface area contributed by atoms with Crippen molar-refractivity contribution in [3.8, 4) is 5.69 Å². The first-order chi connectivity index (χ1) is 11.0. The second-order valence-corrected chi connectivity index (χ2v) is 5.65. The number of H-pyrrole nitrogens is 1. The molecular weight excluding hydrogens is 314 g/mol. The van der Waals surface area contributed by atoms with E-state index in [1.807, 2.05) is 26.0 Å². The summed E-state index contributed by atoms with van der Waals surface area (Å²) >= 11 is 5.87. The molecule has 2 N–H and O–H groups in total. The Hall–Kier alpha value is -2.60. The number of nitrogens with one attached hydrogen (secondary N) is 2. The lowest BCUT2D eigenvalue weighted by atomic mass is 10.2. The van der Waals surface area contributed by atoms with Gasteiger partial charge in [0, 0.05) is 29.0 Å². The molecule has 0 unspecified atom stereocenters. The van der Waals surface area contributed by atoms with Crippen LogP contribution >= 0.6 is 11.6 Å². The minimum atomic E-state index is -0.224. The second-order valence-electron chi connectivity index (χ2n) is 5.22. The van der Waals surface area contributed by atoms with E-state index in [4.69, 9.17) is 11.6 Å². The van der Waals surface area contributed by atoms with Crippen molar-refractivity contribution in [2.75, 3.05) is 0 Å². The van der Waals surface area contributed by atoms with E-state index < -0.39 is 0 Å². The lowest BCUT2D eigenvalue weighted by Gasteiger charge is -2.04. The smallest absolute Gasteiger partial charge is 0.272 e. The normalized spacial score (nSPS) is 10.7. The van der Waals surface area contributed by atoms with E-state index in [0.717, 1.165) is 22.6 Å². The number of hydrogen-bond donors (Lipinski definition) is 2. The Kier molecular flexibility index (Phi) is 4.16. The maximum atomic E-state index is 12.2. The van der Waals surface area contributed by atoms with Gasteiger partial charge in [-0.25, -0.2) is 4.68 Å². The van der Waals surface area contributed by atoms with Crippen LogP contribution in [0.15, 0.2) is 36.5 Å². The number of carbonyl (C=O) groups excluding carboxylic acids is 1. The van der Waals surface area contributed by atoms with Gasteiger partial charge in [0.15, 0.2) is 5.69 Å². The summed E-state index contributed by atoms with van der Waals surface area (Å²) < 4.78 is 1.64. The van der Waals surface area contributed by atoms with Gasteiger partial charge in [0.2, 0.25) is 0 Å². The molecule has 2 aromatic heterocycles. The molecule has 1 amide bonds. The number of aryl methyl sites for hydroxylation is 2. The Morgan fingerprint density at radius 2 is 2.00 bits per heavy atom. The standard InChI is InChI=1S/C16H16ClN5O/c1-10-14(11(2)20-19-10)9-18-16(23)15-7-8-22(21-15)13-5-3-12(17)4-6-13/h3-8H,9H2,1-2H3,(H,18,23)(H,19,20). The van der Waals surface area contributed by atoms with Crippen LogP contribution in [-0.2, 0) is 6.54 Å². The van der Waals surface area contributed by atoms with Gasteiger partial charge in [-0.05, 0) is 44.2 Å². The second kappa shape index (κ2) is 6.26. The number of aromatic amines is 1. The van der Waals surface area contributed by atoms with Gasteiger partial charge in [-0.2, -0.15) is 10.2 Å². The Labute approximate surface area is 138 Å². The highest BCUT2D eigenvalue weighted by Crippen LogP contribution is 2.13. The molecule has 3 rings (SSSR count). The third-order valence-electron chi connectivity index (χ3n) is 3.62. The van der Waals surface area contributed by atoms with E-state index in [0.29, 0.717) is 17.3 Å². The molecule has 0 radical (unpaired) electrons. The molecule has 0 atom stereocenters. The van der Waals surface area contributed by atoms with Crippen LogP contribution in [0, 0.1) is 13.8 Å². The van der Waals surface area contributed by atoms with Crippen LogP contribution in [0.5, 0.6) is 0 Å². The Bertz CT molecular complexity index is 815. The van der Waals surface area contributed by atoms with Gasteiger partial charge in [0.05, 0.1) is 11.4 Å². The first kappa shape index (κ1) is 15.3. The number of aromatic nitrogens is 4. The van der Waals surface area contributed by atoms with Crippen molar-refractivity contribution in [2.24, 2.45) is 0 Å². The van der Waals surface area contributed by atoms with Crippen LogP contribution in [0.1, 0.15) is 27.4 Å². The van der Waals surface area contributed by atoms with Crippen molar-refractivity contribution in [1.82, 2.24) is 25.3 Å². The van der Waals surface area contributed by atoms with Crippen LogP contribution in [-0.4, -0.2) is 25.9 Å². The predicted octanol–water partition coefficient (Wildman–Crippen LogP) is 2.80. The summed E-state index contributed by atoms with van der Waals surface area (Å²) in [6.45, 7) is 4.25. The zero-order chi connectivity index (χ0) is 16.4. The van der Waals surface area contributed by atoms with Gasteiger partial charge < -0.3 is 5.32 Å². The minimum absolute atomic E-state index is 0.224. The lowest BCUT2D eigenvalue weighted by Crippen LogP contribution is -2.24. The SMILES string of the molecule is Cc1n[nH]c(C)c1CNC(=O)c1ccn(-c2ccc(Cl)cc2)n1. The average molecular weight is 330 g/mol. The van der Waals surface area contributed by atoms with E-state index >= 15 is 0 Å².